The number of hydrogen-bond acceptors (Lipinski definition) is 2. The lowest BCUT2D eigenvalue weighted by Crippen LogP contribution is -2.23. The number of halogens is 4. The molecule has 0 spiro atoms. The fraction of sp³-hybridized carbons (Fsp3) is 0.417. The van der Waals surface area contributed by atoms with Gasteiger partial charge in [0.25, 0.3) is 0 Å². The van der Waals surface area contributed by atoms with Crippen LogP contribution in [0.25, 0.3) is 0 Å². The van der Waals surface area contributed by atoms with Gasteiger partial charge in [0.2, 0.25) is 0 Å². The topological polar surface area (TPSA) is 46.5 Å². The maximum absolute atomic E-state index is 12.8. The Balaban J connectivity index is 2.20. The molecule has 2 aliphatic rings. The Morgan fingerprint density at radius 3 is 2.63 bits per heavy atom. The van der Waals surface area contributed by atoms with Crippen molar-refractivity contribution in [3.05, 3.63) is 28.3 Å². The lowest BCUT2D eigenvalue weighted by atomic mass is 9.92. The first-order valence-electron chi connectivity index (χ1n) is 5.52. The summed E-state index contributed by atoms with van der Waals surface area (Å²) in [6.07, 6.45) is -5.23. The predicted molar refractivity (Wildman–Crippen MR) is 59.3 cm³/mol. The second kappa shape index (κ2) is 3.36. The van der Waals surface area contributed by atoms with Gasteiger partial charge in [0, 0.05) is 11.5 Å². The standard InChI is InChI=1S/C12H8ClF3O3/c1-4-9-11(4,10(17)18)6-2-5(12(14,15)16)7(13)3-8(6)19-9/h2-4,9H,1H3,(H,17,18). The highest BCUT2D eigenvalue weighted by Gasteiger charge is 2.75. The molecule has 3 nitrogen and oxygen atoms in total. The number of hydrogen-bond donors (Lipinski definition) is 1. The van der Waals surface area contributed by atoms with Gasteiger partial charge in [-0.05, 0) is 12.1 Å². The maximum atomic E-state index is 12.8. The molecule has 0 aromatic heterocycles. The second-order valence-electron chi connectivity index (χ2n) is 4.83. The molecule has 3 atom stereocenters. The van der Waals surface area contributed by atoms with Crippen molar-refractivity contribution in [1.82, 2.24) is 0 Å². The summed E-state index contributed by atoms with van der Waals surface area (Å²) >= 11 is 5.57. The molecule has 3 rings (SSSR count). The Hall–Kier alpha value is -1.43. The van der Waals surface area contributed by atoms with E-state index in [2.05, 4.69) is 0 Å². The van der Waals surface area contributed by atoms with E-state index in [-0.39, 0.29) is 17.2 Å². The smallest absolute Gasteiger partial charge is 0.417 e. The first kappa shape index (κ1) is 12.6. The van der Waals surface area contributed by atoms with Gasteiger partial charge in [0.1, 0.15) is 17.3 Å². The molecule has 0 radical (unpaired) electrons. The van der Waals surface area contributed by atoms with Crippen LogP contribution >= 0.6 is 11.6 Å². The second-order valence-corrected chi connectivity index (χ2v) is 5.23. The van der Waals surface area contributed by atoms with Crippen molar-refractivity contribution in [1.29, 1.82) is 0 Å². The van der Waals surface area contributed by atoms with Crippen LogP contribution in [0.1, 0.15) is 18.1 Å². The van der Waals surface area contributed by atoms with E-state index in [1.54, 1.807) is 6.92 Å². The third-order valence-electron chi connectivity index (χ3n) is 3.94. The van der Waals surface area contributed by atoms with E-state index < -0.39 is 34.3 Å². The normalized spacial score (nSPS) is 31.4. The van der Waals surface area contributed by atoms with Crippen LogP contribution in [0.2, 0.25) is 5.02 Å². The molecule has 1 aromatic carbocycles. The SMILES string of the molecule is CC1C2Oc3cc(Cl)c(C(F)(F)F)cc3C12C(=O)O. The zero-order valence-corrected chi connectivity index (χ0v) is 10.3. The number of rotatable bonds is 1. The number of carbonyl (C=O) groups is 1. The van der Waals surface area contributed by atoms with Gasteiger partial charge in [-0.3, -0.25) is 4.79 Å². The van der Waals surface area contributed by atoms with E-state index in [1.165, 1.54) is 0 Å². The van der Waals surface area contributed by atoms with Gasteiger partial charge in [-0.25, -0.2) is 0 Å². The summed E-state index contributed by atoms with van der Waals surface area (Å²) in [6, 6.07) is 1.85. The third kappa shape index (κ3) is 1.38. The van der Waals surface area contributed by atoms with E-state index in [1.807, 2.05) is 0 Å². The van der Waals surface area contributed by atoms with Crippen molar-refractivity contribution in [2.75, 3.05) is 0 Å². The minimum absolute atomic E-state index is 0.0641. The summed E-state index contributed by atoms with van der Waals surface area (Å²) in [5.74, 6) is -1.39. The Morgan fingerprint density at radius 1 is 1.47 bits per heavy atom. The van der Waals surface area contributed by atoms with Crippen molar-refractivity contribution < 1.29 is 27.8 Å². The highest BCUT2D eigenvalue weighted by Crippen LogP contribution is 2.64. The summed E-state index contributed by atoms with van der Waals surface area (Å²) in [6.45, 7) is 1.64. The van der Waals surface area contributed by atoms with Crippen molar-refractivity contribution in [2.24, 2.45) is 5.92 Å². The summed E-state index contributed by atoms with van der Waals surface area (Å²) in [5, 5.41) is 8.81. The van der Waals surface area contributed by atoms with Gasteiger partial charge in [-0.1, -0.05) is 18.5 Å². The van der Waals surface area contributed by atoms with Crippen LogP contribution in [0, 0.1) is 5.92 Å². The summed E-state index contributed by atoms with van der Waals surface area (Å²) in [4.78, 5) is 11.4. The van der Waals surface area contributed by atoms with Gasteiger partial charge in [-0.15, -0.1) is 0 Å². The molecule has 1 fully saturated rings. The number of aliphatic carboxylic acids is 1. The van der Waals surface area contributed by atoms with E-state index in [0.717, 1.165) is 12.1 Å². The Bertz CT molecular complexity index is 599. The fourth-order valence-corrected chi connectivity index (χ4v) is 3.14. The lowest BCUT2D eigenvalue weighted by Gasteiger charge is -2.15. The molecule has 1 aromatic rings. The average Bonchev–Trinajstić information content (AvgIpc) is 2.71. The zero-order chi connectivity index (χ0) is 14.2. The van der Waals surface area contributed by atoms with E-state index in [0.29, 0.717) is 0 Å². The van der Waals surface area contributed by atoms with Crippen LogP contribution in [0.15, 0.2) is 12.1 Å². The van der Waals surface area contributed by atoms with Gasteiger partial charge in [-0.2, -0.15) is 13.2 Å². The van der Waals surface area contributed by atoms with Crippen LogP contribution < -0.4 is 4.74 Å². The van der Waals surface area contributed by atoms with Crippen molar-refractivity contribution in [3.8, 4) is 5.75 Å². The van der Waals surface area contributed by atoms with Gasteiger partial charge >= 0.3 is 12.1 Å². The molecule has 1 N–H and O–H groups in total. The Morgan fingerprint density at radius 2 is 2.11 bits per heavy atom. The predicted octanol–water partition coefficient (Wildman–Crippen LogP) is 3.09. The van der Waals surface area contributed by atoms with Crippen LogP contribution in [0.4, 0.5) is 13.2 Å². The number of alkyl halides is 3. The third-order valence-corrected chi connectivity index (χ3v) is 4.25. The minimum atomic E-state index is -4.62. The maximum Gasteiger partial charge on any atom is 0.417 e. The molecule has 1 saturated carbocycles. The summed E-state index contributed by atoms with van der Waals surface area (Å²) in [5.41, 5.74) is -2.33. The largest absolute Gasteiger partial charge is 0.488 e. The van der Waals surface area contributed by atoms with Crippen molar-refractivity contribution in [3.63, 3.8) is 0 Å². The van der Waals surface area contributed by atoms with Gasteiger partial charge < -0.3 is 9.84 Å². The van der Waals surface area contributed by atoms with E-state index in [4.69, 9.17) is 16.3 Å². The zero-order valence-electron chi connectivity index (χ0n) is 9.58. The number of benzene rings is 1. The molecule has 102 valence electrons. The first-order chi connectivity index (χ1) is 8.70. The molecular formula is C12H8ClF3O3. The average molecular weight is 293 g/mol. The number of carboxylic acids is 1. The number of ether oxygens (including phenoxy) is 1. The highest BCUT2D eigenvalue weighted by molar-refractivity contribution is 6.31. The molecule has 3 unspecified atom stereocenters. The van der Waals surface area contributed by atoms with E-state index >= 15 is 0 Å². The molecular weight excluding hydrogens is 285 g/mol. The number of carboxylic acid groups (broad SMARTS) is 1. The van der Waals surface area contributed by atoms with Gasteiger partial charge in [0.15, 0.2) is 0 Å². The molecule has 1 heterocycles. The Kier molecular flexibility index (Phi) is 2.23. The fourth-order valence-electron chi connectivity index (χ4n) is 2.88. The van der Waals surface area contributed by atoms with Crippen LogP contribution in [-0.2, 0) is 16.4 Å². The minimum Gasteiger partial charge on any atom is -0.488 e. The van der Waals surface area contributed by atoms with Gasteiger partial charge in [0.05, 0.1) is 10.6 Å². The highest BCUT2D eigenvalue weighted by atomic mass is 35.5. The molecule has 1 aliphatic heterocycles. The molecule has 0 saturated heterocycles. The van der Waals surface area contributed by atoms with Crippen LogP contribution in [0.5, 0.6) is 5.75 Å². The molecule has 0 bridgehead atoms. The van der Waals surface area contributed by atoms with Crippen molar-refractivity contribution >= 4 is 17.6 Å². The van der Waals surface area contributed by atoms with Crippen LogP contribution in [0.3, 0.4) is 0 Å². The monoisotopic (exact) mass is 292 g/mol. The lowest BCUT2D eigenvalue weighted by molar-refractivity contribution is -0.141. The van der Waals surface area contributed by atoms with E-state index in [9.17, 15) is 23.1 Å². The molecule has 19 heavy (non-hydrogen) atoms. The quantitative estimate of drug-likeness (QED) is 0.865. The van der Waals surface area contributed by atoms with Crippen LogP contribution in [-0.4, -0.2) is 17.2 Å². The molecule has 7 heteroatoms. The molecule has 0 amide bonds. The number of fused-ring (bicyclic) bond motifs is 3. The summed E-state index contributed by atoms with van der Waals surface area (Å²) < 4.78 is 43.8. The van der Waals surface area contributed by atoms with Crippen molar-refractivity contribution in [2.45, 2.75) is 24.6 Å². The Labute approximate surface area is 110 Å². The summed E-state index contributed by atoms with van der Waals surface area (Å²) in [7, 11) is 0. The molecule has 1 aliphatic carbocycles. The first-order valence-corrected chi connectivity index (χ1v) is 5.89.